The van der Waals surface area contributed by atoms with E-state index in [0.717, 1.165) is 0 Å². The van der Waals surface area contributed by atoms with E-state index in [9.17, 15) is 4.79 Å². The second kappa shape index (κ2) is 4.97. The largest absolute Gasteiger partial charge is 0.478 e. The Kier molecular flexibility index (Phi) is 3.39. The van der Waals surface area contributed by atoms with Crippen LogP contribution in [0.3, 0.4) is 0 Å². The molecule has 1 N–H and O–H groups in total. The molecule has 0 bridgehead atoms. The Labute approximate surface area is 106 Å². The van der Waals surface area contributed by atoms with Gasteiger partial charge in [-0.3, -0.25) is 0 Å². The lowest BCUT2D eigenvalue weighted by Gasteiger charge is -2.05. The van der Waals surface area contributed by atoms with Gasteiger partial charge in [0.25, 0.3) is 0 Å². The lowest BCUT2D eigenvalue weighted by molar-refractivity contribution is 0.0696. The molecule has 0 aliphatic rings. The van der Waals surface area contributed by atoms with Gasteiger partial charge in [0.05, 0.1) is 11.8 Å². The van der Waals surface area contributed by atoms with Gasteiger partial charge in [-0.25, -0.2) is 9.78 Å². The zero-order chi connectivity index (χ0) is 12.3. The maximum Gasteiger partial charge on any atom is 0.335 e. The second-order valence-corrected chi connectivity index (χ2v) is 4.06. The number of rotatable bonds is 3. The highest BCUT2D eigenvalue weighted by Gasteiger charge is 2.04. The summed E-state index contributed by atoms with van der Waals surface area (Å²) in [5, 5.41) is 8.84. The van der Waals surface area contributed by atoms with Crippen LogP contribution in [-0.2, 0) is 0 Å². The van der Waals surface area contributed by atoms with Gasteiger partial charge in [0, 0.05) is 0 Å². The summed E-state index contributed by atoms with van der Waals surface area (Å²) in [5.41, 5.74) is 0.188. The maximum atomic E-state index is 10.8. The monoisotopic (exact) mass is 293 g/mol. The van der Waals surface area contributed by atoms with Gasteiger partial charge in [0.2, 0.25) is 0 Å². The Morgan fingerprint density at radius 3 is 2.71 bits per heavy atom. The van der Waals surface area contributed by atoms with E-state index in [0.29, 0.717) is 16.1 Å². The van der Waals surface area contributed by atoms with Crippen LogP contribution in [0.2, 0.25) is 0 Å². The van der Waals surface area contributed by atoms with Crippen LogP contribution in [0.15, 0.2) is 47.2 Å². The highest BCUT2D eigenvalue weighted by molar-refractivity contribution is 9.10. The zero-order valence-electron chi connectivity index (χ0n) is 8.63. The molecular weight excluding hydrogens is 286 g/mol. The quantitative estimate of drug-likeness (QED) is 0.882. The number of carboxylic acid groups (broad SMARTS) is 1. The van der Waals surface area contributed by atoms with Crippen LogP contribution in [0.25, 0.3) is 0 Å². The van der Waals surface area contributed by atoms with E-state index >= 15 is 0 Å². The molecule has 86 valence electrons. The highest BCUT2D eigenvalue weighted by atomic mass is 79.9. The molecule has 0 fully saturated rings. The minimum atomic E-state index is -0.982. The maximum absolute atomic E-state index is 10.8. The molecule has 4 nitrogen and oxygen atoms in total. The molecule has 5 heteroatoms. The first-order valence-electron chi connectivity index (χ1n) is 4.78. The third-order valence-corrected chi connectivity index (χ3v) is 2.49. The van der Waals surface area contributed by atoms with Gasteiger partial charge in [0.15, 0.2) is 0 Å². The molecule has 17 heavy (non-hydrogen) atoms. The van der Waals surface area contributed by atoms with E-state index in [2.05, 4.69) is 20.9 Å². The van der Waals surface area contributed by atoms with Crippen LogP contribution in [0.1, 0.15) is 10.4 Å². The number of carbonyl (C=O) groups is 1. The molecule has 1 aromatic heterocycles. The van der Waals surface area contributed by atoms with Crippen molar-refractivity contribution in [1.29, 1.82) is 0 Å². The number of carboxylic acids is 1. The van der Waals surface area contributed by atoms with E-state index in [4.69, 9.17) is 9.84 Å². The molecule has 0 spiro atoms. The predicted molar refractivity (Wildman–Crippen MR) is 65.4 cm³/mol. The number of halogens is 1. The summed E-state index contributed by atoms with van der Waals surface area (Å²) in [6.07, 6.45) is 1.55. The van der Waals surface area contributed by atoms with E-state index < -0.39 is 5.97 Å². The number of nitrogens with zero attached hydrogens (tertiary/aromatic N) is 1. The van der Waals surface area contributed by atoms with Crippen LogP contribution in [0.4, 0.5) is 0 Å². The lowest BCUT2D eigenvalue weighted by Crippen LogP contribution is -1.96. The Morgan fingerprint density at radius 2 is 2.06 bits per heavy atom. The van der Waals surface area contributed by atoms with E-state index in [1.165, 1.54) is 12.1 Å². The van der Waals surface area contributed by atoms with Crippen LogP contribution in [0, 0.1) is 0 Å². The normalized spacial score (nSPS) is 9.94. The summed E-state index contributed by atoms with van der Waals surface area (Å²) < 4.78 is 6.19. The van der Waals surface area contributed by atoms with Crippen molar-refractivity contribution in [3.05, 3.63) is 52.8 Å². The Bertz CT molecular complexity index is 540. The standard InChI is InChI=1S/C12H8BrNO3/c13-11-5-4-10(7-14-11)17-9-3-1-2-8(6-9)12(15)16/h1-7H,(H,15,16). The minimum absolute atomic E-state index is 0.188. The predicted octanol–water partition coefficient (Wildman–Crippen LogP) is 3.33. The average Bonchev–Trinajstić information content (AvgIpc) is 2.32. The topological polar surface area (TPSA) is 59.4 Å². The molecular formula is C12H8BrNO3. The lowest BCUT2D eigenvalue weighted by atomic mass is 10.2. The van der Waals surface area contributed by atoms with Crippen molar-refractivity contribution in [2.24, 2.45) is 0 Å². The number of hydrogen-bond donors (Lipinski definition) is 1. The average molecular weight is 294 g/mol. The molecule has 2 rings (SSSR count). The molecule has 1 aromatic carbocycles. The molecule has 0 saturated heterocycles. The zero-order valence-corrected chi connectivity index (χ0v) is 10.2. The molecule has 0 atom stereocenters. The van der Waals surface area contributed by atoms with Crippen LogP contribution < -0.4 is 4.74 Å². The molecule has 2 aromatic rings. The van der Waals surface area contributed by atoms with Gasteiger partial charge < -0.3 is 9.84 Å². The molecule has 0 unspecified atom stereocenters. The van der Waals surface area contributed by atoms with Crippen LogP contribution >= 0.6 is 15.9 Å². The fraction of sp³-hybridized carbons (Fsp3) is 0. The number of pyridine rings is 1. The van der Waals surface area contributed by atoms with E-state index in [1.54, 1.807) is 30.5 Å². The van der Waals surface area contributed by atoms with Crippen molar-refractivity contribution < 1.29 is 14.6 Å². The summed E-state index contributed by atoms with van der Waals surface area (Å²) in [6.45, 7) is 0. The van der Waals surface area contributed by atoms with E-state index in [1.807, 2.05) is 0 Å². The van der Waals surface area contributed by atoms with Gasteiger partial charge in [-0.15, -0.1) is 0 Å². The highest BCUT2D eigenvalue weighted by Crippen LogP contribution is 2.22. The summed E-state index contributed by atoms with van der Waals surface area (Å²) in [4.78, 5) is 14.8. The Hall–Kier alpha value is -1.88. The Morgan fingerprint density at radius 1 is 1.24 bits per heavy atom. The number of ether oxygens (including phenoxy) is 1. The first kappa shape index (κ1) is 11.6. The fourth-order valence-corrected chi connectivity index (χ4v) is 1.49. The summed E-state index contributed by atoms with van der Waals surface area (Å²) >= 11 is 3.22. The van der Waals surface area contributed by atoms with Crippen molar-refractivity contribution in [1.82, 2.24) is 4.98 Å². The summed E-state index contributed by atoms with van der Waals surface area (Å²) in [5.74, 6) is 0.0362. The molecule has 0 aliphatic heterocycles. The number of aromatic carboxylic acids is 1. The van der Waals surface area contributed by atoms with Gasteiger partial charge in [0.1, 0.15) is 16.1 Å². The van der Waals surface area contributed by atoms with E-state index in [-0.39, 0.29) is 5.56 Å². The first-order chi connectivity index (χ1) is 8.15. The molecule has 0 aliphatic carbocycles. The van der Waals surface area contributed by atoms with Gasteiger partial charge in [-0.2, -0.15) is 0 Å². The first-order valence-corrected chi connectivity index (χ1v) is 5.57. The van der Waals surface area contributed by atoms with Crippen molar-refractivity contribution in [2.75, 3.05) is 0 Å². The van der Waals surface area contributed by atoms with Crippen molar-refractivity contribution in [2.45, 2.75) is 0 Å². The van der Waals surface area contributed by atoms with Gasteiger partial charge >= 0.3 is 5.97 Å². The third kappa shape index (κ3) is 3.04. The number of benzene rings is 1. The second-order valence-electron chi connectivity index (χ2n) is 3.25. The number of aromatic nitrogens is 1. The van der Waals surface area contributed by atoms with Crippen molar-refractivity contribution in [3.8, 4) is 11.5 Å². The third-order valence-electron chi connectivity index (χ3n) is 2.02. The van der Waals surface area contributed by atoms with Gasteiger partial charge in [-0.1, -0.05) is 6.07 Å². The number of hydrogen-bond acceptors (Lipinski definition) is 3. The summed E-state index contributed by atoms with van der Waals surface area (Å²) in [7, 11) is 0. The molecule has 0 radical (unpaired) electrons. The van der Waals surface area contributed by atoms with Crippen molar-refractivity contribution >= 4 is 21.9 Å². The van der Waals surface area contributed by atoms with Crippen LogP contribution in [0.5, 0.6) is 11.5 Å². The fourth-order valence-electron chi connectivity index (χ4n) is 1.25. The van der Waals surface area contributed by atoms with Crippen LogP contribution in [-0.4, -0.2) is 16.1 Å². The molecule has 1 heterocycles. The van der Waals surface area contributed by atoms with Gasteiger partial charge in [-0.05, 0) is 46.3 Å². The smallest absolute Gasteiger partial charge is 0.335 e. The Balaban J connectivity index is 2.21. The van der Waals surface area contributed by atoms with Crippen molar-refractivity contribution in [3.63, 3.8) is 0 Å². The molecule has 0 amide bonds. The SMILES string of the molecule is O=C(O)c1cccc(Oc2ccc(Br)nc2)c1. The molecule has 0 saturated carbocycles. The minimum Gasteiger partial charge on any atom is -0.478 e. The summed E-state index contributed by atoms with van der Waals surface area (Å²) in [6, 6.07) is 9.78.